The lowest BCUT2D eigenvalue weighted by atomic mass is 10.3. The molecule has 1 aromatic carbocycles. The van der Waals surface area contributed by atoms with Gasteiger partial charge in [-0.2, -0.15) is 0 Å². The van der Waals surface area contributed by atoms with E-state index in [2.05, 4.69) is 20.2 Å². The molecule has 0 saturated heterocycles. The van der Waals surface area contributed by atoms with Crippen LogP contribution in [-0.2, 0) is 17.9 Å². The second-order valence-electron chi connectivity index (χ2n) is 5.52. The highest BCUT2D eigenvalue weighted by molar-refractivity contribution is 5.91. The number of carbonyl (C=O) groups excluding carboxylic acids is 2. The number of hydrogen-bond donors (Lipinski definition) is 2. The van der Waals surface area contributed by atoms with Gasteiger partial charge in [-0.15, -0.1) is 0 Å². The summed E-state index contributed by atoms with van der Waals surface area (Å²) >= 11 is 0. The number of imidazole rings is 1. The van der Waals surface area contributed by atoms with Gasteiger partial charge in [-0.3, -0.25) is 9.59 Å². The van der Waals surface area contributed by atoms with Crippen LogP contribution in [0.2, 0.25) is 0 Å². The summed E-state index contributed by atoms with van der Waals surface area (Å²) in [7, 11) is 0. The highest BCUT2D eigenvalue weighted by Gasteiger charge is 2.11. The number of aryl methyl sites for hydroxylation is 1. The first-order valence-electron chi connectivity index (χ1n) is 8.21. The summed E-state index contributed by atoms with van der Waals surface area (Å²) in [6, 6.07) is 11.1. The van der Waals surface area contributed by atoms with Crippen molar-refractivity contribution in [2.75, 3.05) is 6.54 Å². The molecule has 0 aliphatic rings. The summed E-state index contributed by atoms with van der Waals surface area (Å²) in [5, 5.41) is 5.49. The first-order chi connectivity index (χ1) is 12.2. The van der Waals surface area contributed by atoms with Gasteiger partial charge >= 0.3 is 0 Å². The van der Waals surface area contributed by atoms with E-state index >= 15 is 0 Å². The van der Waals surface area contributed by atoms with Crippen molar-refractivity contribution >= 4 is 22.8 Å². The summed E-state index contributed by atoms with van der Waals surface area (Å²) in [5.74, 6) is 0.578. The van der Waals surface area contributed by atoms with Gasteiger partial charge in [-0.1, -0.05) is 12.1 Å². The van der Waals surface area contributed by atoms with Gasteiger partial charge in [0.2, 0.25) is 5.91 Å². The van der Waals surface area contributed by atoms with Gasteiger partial charge in [0.25, 0.3) is 5.91 Å². The molecule has 2 amide bonds. The minimum absolute atomic E-state index is 0.144. The van der Waals surface area contributed by atoms with Crippen molar-refractivity contribution in [1.29, 1.82) is 0 Å². The van der Waals surface area contributed by atoms with E-state index in [9.17, 15) is 9.59 Å². The summed E-state index contributed by atoms with van der Waals surface area (Å²) in [6.07, 6.45) is 1.63. The van der Waals surface area contributed by atoms with Crippen molar-refractivity contribution in [3.05, 3.63) is 54.2 Å². The second kappa shape index (κ2) is 7.65. The number of amides is 2. The fourth-order valence-electron chi connectivity index (χ4n) is 2.66. The van der Waals surface area contributed by atoms with Gasteiger partial charge in [0.15, 0.2) is 5.76 Å². The molecule has 7 heteroatoms. The van der Waals surface area contributed by atoms with Crippen molar-refractivity contribution in [2.45, 2.75) is 26.4 Å². The predicted octanol–water partition coefficient (Wildman–Crippen LogP) is 2.09. The molecule has 0 spiro atoms. The molecule has 0 aliphatic heterocycles. The predicted molar refractivity (Wildman–Crippen MR) is 92.9 cm³/mol. The van der Waals surface area contributed by atoms with Crippen LogP contribution in [0.3, 0.4) is 0 Å². The Labute approximate surface area is 145 Å². The molecule has 3 aromatic rings. The topological polar surface area (TPSA) is 89.2 Å². The fourth-order valence-corrected chi connectivity index (χ4v) is 2.66. The summed E-state index contributed by atoms with van der Waals surface area (Å²) < 4.78 is 7.07. The van der Waals surface area contributed by atoms with Crippen LogP contribution in [0.1, 0.15) is 29.7 Å². The summed E-state index contributed by atoms with van der Waals surface area (Å²) in [4.78, 5) is 28.2. The van der Waals surface area contributed by atoms with E-state index in [1.807, 2.05) is 31.2 Å². The molecule has 2 heterocycles. The smallest absolute Gasteiger partial charge is 0.286 e. The Bertz CT molecular complexity index is 868. The zero-order valence-electron chi connectivity index (χ0n) is 14.0. The lowest BCUT2D eigenvalue weighted by Crippen LogP contribution is -2.30. The van der Waals surface area contributed by atoms with E-state index in [-0.39, 0.29) is 30.5 Å². The number of furan rings is 1. The number of benzene rings is 1. The minimum Gasteiger partial charge on any atom is -0.459 e. The maximum absolute atomic E-state index is 12.0. The molecule has 0 saturated carbocycles. The standard InChI is InChI=1S/C18H20N4O3/c1-2-22-14-7-4-3-6-13(14)21-16(22)12-20-17(23)9-10-19-18(24)15-8-5-11-25-15/h3-8,11H,2,9-10,12H2,1H3,(H,19,24)(H,20,23). The number of hydrogen-bond acceptors (Lipinski definition) is 4. The second-order valence-corrected chi connectivity index (χ2v) is 5.52. The van der Waals surface area contributed by atoms with E-state index in [0.29, 0.717) is 6.54 Å². The van der Waals surface area contributed by atoms with E-state index in [1.165, 1.54) is 6.26 Å². The highest BCUT2D eigenvalue weighted by Crippen LogP contribution is 2.15. The fraction of sp³-hybridized carbons (Fsp3) is 0.278. The third kappa shape index (κ3) is 3.88. The SMILES string of the molecule is CCn1c(CNC(=O)CCNC(=O)c2ccco2)nc2ccccc21. The van der Waals surface area contributed by atoms with E-state index in [0.717, 1.165) is 23.4 Å². The van der Waals surface area contributed by atoms with Gasteiger partial charge in [0, 0.05) is 19.5 Å². The first-order valence-corrected chi connectivity index (χ1v) is 8.21. The van der Waals surface area contributed by atoms with Gasteiger partial charge in [0.05, 0.1) is 23.8 Å². The zero-order valence-corrected chi connectivity index (χ0v) is 14.0. The largest absolute Gasteiger partial charge is 0.459 e. The number of carbonyl (C=O) groups is 2. The Morgan fingerprint density at radius 2 is 2.00 bits per heavy atom. The van der Waals surface area contributed by atoms with Crippen molar-refractivity contribution in [3.8, 4) is 0 Å². The number of nitrogens with one attached hydrogen (secondary N) is 2. The molecule has 7 nitrogen and oxygen atoms in total. The molecule has 2 aromatic heterocycles. The normalized spacial score (nSPS) is 10.8. The highest BCUT2D eigenvalue weighted by atomic mass is 16.3. The third-order valence-electron chi connectivity index (χ3n) is 3.88. The van der Waals surface area contributed by atoms with Gasteiger partial charge in [0.1, 0.15) is 5.82 Å². The number of fused-ring (bicyclic) bond motifs is 1. The zero-order chi connectivity index (χ0) is 17.6. The molecule has 2 N–H and O–H groups in total. The molecule has 3 rings (SSSR count). The number of para-hydroxylation sites is 2. The maximum atomic E-state index is 12.0. The molecule has 130 valence electrons. The van der Waals surface area contributed by atoms with Crippen molar-refractivity contribution in [1.82, 2.24) is 20.2 Å². The van der Waals surface area contributed by atoms with Crippen LogP contribution >= 0.6 is 0 Å². The van der Waals surface area contributed by atoms with Crippen molar-refractivity contribution in [2.24, 2.45) is 0 Å². The average molecular weight is 340 g/mol. The Balaban J connectivity index is 1.50. The number of aromatic nitrogens is 2. The Hall–Kier alpha value is -3.09. The number of nitrogens with zero attached hydrogens (tertiary/aromatic N) is 2. The van der Waals surface area contributed by atoms with Gasteiger partial charge < -0.3 is 19.6 Å². The van der Waals surface area contributed by atoms with Crippen LogP contribution in [0, 0.1) is 0 Å². The number of rotatable bonds is 7. The van der Waals surface area contributed by atoms with E-state index in [4.69, 9.17) is 4.42 Å². The van der Waals surface area contributed by atoms with Gasteiger partial charge in [-0.05, 0) is 31.2 Å². The average Bonchev–Trinajstić information content (AvgIpc) is 3.27. The third-order valence-corrected chi connectivity index (χ3v) is 3.88. The van der Waals surface area contributed by atoms with E-state index < -0.39 is 0 Å². The van der Waals surface area contributed by atoms with Crippen LogP contribution in [0.25, 0.3) is 11.0 Å². The lowest BCUT2D eigenvalue weighted by molar-refractivity contribution is -0.121. The molecule has 25 heavy (non-hydrogen) atoms. The van der Waals surface area contributed by atoms with Crippen LogP contribution in [0.5, 0.6) is 0 Å². The quantitative estimate of drug-likeness (QED) is 0.689. The van der Waals surface area contributed by atoms with Crippen LogP contribution in [-0.4, -0.2) is 27.9 Å². The molecular weight excluding hydrogens is 320 g/mol. The van der Waals surface area contributed by atoms with E-state index in [1.54, 1.807) is 12.1 Å². The monoisotopic (exact) mass is 340 g/mol. The molecule has 0 radical (unpaired) electrons. The summed E-state index contributed by atoms with van der Waals surface area (Å²) in [5.41, 5.74) is 1.97. The van der Waals surface area contributed by atoms with Gasteiger partial charge in [-0.25, -0.2) is 4.98 Å². The van der Waals surface area contributed by atoms with Crippen LogP contribution in [0.4, 0.5) is 0 Å². The molecule has 0 aliphatic carbocycles. The van der Waals surface area contributed by atoms with Crippen molar-refractivity contribution < 1.29 is 14.0 Å². The Morgan fingerprint density at radius 1 is 1.16 bits per heavy atom. The molecule has 0 fully saturated rings. The molecule has 0 atom stereocenters. The minimum atomic E-state index is -0.328. The molecule has 0 unspecified atom stereocenters. The van der Waals surface area contributed by atoms with Crippen LogP contribution < -0.4 is 10.6 Å². The van der Waals surface area contributed by atoms with Crippen molar-refractivity contribution in [3.63, 3.8) is 0 Å². The molecule has 0 bridgehead atoms. The summed E-state index contributed by atoms with van der Waals surface area (Å²) in [6.45, 7) is 3.43. The lowest BCUT2D eigenvalue weighted by Gasteiger charge is -2.08. The first kappa shape index (κ1) is 16.8. The molecular formula is C18H20N4O3. The van der Waals surface area contributed by atoms with Crippen LogP contribution in [0.15, 0.2) is 47.1 Å². The Morgan fingerprint density at radius 3 is 2.76 bits per heavy atom. The maximum Gasteiger partial charge on any atom is 0.286 e. The Kier molecular flexibility index (Phi) is 5.13.